The first-order valence-corrected chi connectivity index (χ1v) is 12.1. The molecule has 0 spiro atoms. The normalized spacial score (nSPS) is 17.9. The molecule has 0 N–H and O–H groups in total. The Hall–Kier alpha value is -2.51. The Balaban J connectivity index is 1.52. The van der Waals surface area contributed by atoms with Crippen LogP contribution in [0.1, 0.15) is 99.8 Å². The summed E-state index contributed by atoms with van der Waals surface area (Å²) < 4.78 is 14.1. The second kappa shape index (κ2) is 12.4. The summed E-state index contributed by atoms with van der Waals surface area (Å²) in [6, 6.07) is 14.0. The number of hydrogen-bond acceptors (Lipinski definition) is 0. The average Bonchev–Trinajstić information content (AvgIpc) is 2.80. The van der Waals surface area contributed by atoms with E-state index in [-0.39, 0.29) is 5.82 Å². The van der Waals surface area contributed by atoms with Crippen LogP contribution in [-0.2, 0) is 6.42 Å². The molecule has 2 aromatic rings. The molecule has 1 saturated carbocycles. The van der Waals surface area contributed by atoms with Crippen molar-refractivity contribution < 1.29 is 4.39 Å². The fourth-order valence-corrected chi connectivity index (χ4v) is 4.35. The molecule has 0 unspecified atom stereocenters. The van der Waals surface area contributed by atoms with Gasteiger partial charge in [-0.25, -0.2) is 4.39 Å². The highest BCUT2D eigenvalue weighted by atomic mass is 19.1. The van der Waals surface area contributed by atoms with Gasteiger partial charge >= 0.3 is 0 Å². The Morgan fingerprint density at radius 2 is 1.55 bits per heavy atom. The molecule has 0 amide bonds. The highest BCUT2D eigenvalue weighted by Crippen LogP contribution is 2.36. The van der Waals surface area contributed by atoms with E-state index in [1.165, 1.54) is 44.1 Å². The van der Waals surface area contributed by atoms with Gasteiger partial charge in [0, 0.05) is 24.0 Å². The molecule has 0 nitrogen and oxygen atoms in total. The smallest absolute Gasteiger partial charge is 0.127 e. The van der Waals surface area contributed by atoms with Crippen LogP contribution in [0.2, 0.25) is 0 Å². The zero-order valence-corrected chi connectivity index (χ0v) is 19.1. The van der Waals surface area contributed by atoms with E-state index in [4.69, 9.17) is 0 Å². The van der Waals surface area contributed by atoms with E-state index in [1.807, 2.05) is 12.1 Å². The van der Waals surface area contributed by atoms with Crippen molar-refractivity contribution in [2.45, 2.75) is 84.0 Å². The Bertz CT molecular complexity index is 938. The van der Waals surface area contributed by atoms with E-state index in [9.17, 15) is 4.39 Å². The lowest BCUT2D eigenvalue weighted by atomic mass is 9.77. The number of aryl methyl sites for hydroxylation is 1. The highest BCUT2D eigenvalue weighted by molar-refractivity contribution is 5.44. The second-order valence-corrected chi connectivity index (χ2v) is 8.81. The summed E-state index contributed by atoms with van der Waals surface area (Å²) >= 11 is 0. The van der Waals surface area contributed by atoms with Crippen LogP contribution in [0.3, 0.4) is 0 Å². The topological polar surface area (TPSA) is 0 Å². The molecule has 2 aromatic carbocycles. The van der Waals surface area contributed by atoms with Crippen molar-refractivity contribution in [3.63, 3.8) is 0 Å². The molecule has 0 radical (unpaired) electrons. The molecular weight excluding hydrogens is 379 g/mol. The van der Waals surface area contributed by atoms with Crippen LogP contribution in [0.15, 0.2) is 42.5 Å². The molecule has 1 aliphatic carbocycles. The van der Waals surface area contributed by atoms with Crippen LogP contribution >= 0.6 is 0 Å². The van der Waals surface area contributed by atoms with E-state index in [1.54, 1.807) is 6.07 Å². The van der Waals surface area contributed by atoms with Crippen molar-refractivity contribution in [2.75, 3.05) is 0 Å². The number of halogens is 1. The van der Waals surface area contributed by atoms with Gasteiger partial charge in [0.15, 0.2) is 0 Å². The molecule has 3 rings (SSSR count). The highest BCUT2D eigenvalue weighted by Gasteiger charge is 2.21. The van der Waals surface area contributed by atoms with Gasteiger partial charge < -0.3 is 0 Å². The van der Waals surface area contributed by atoms with Crippen LogP contribution in [0.5, 0.6) is 0 Å². The predicted molar refractivity (Wildman–Crippen MR) is 129 cm³/mol. The molecule has 0 atom stereocenters. The molecule has 0 bridgehead atoms. The van der Waals surface area contributed by atoms with Crippen LogP contribution < -0.4 is 0 Å². The predicted octanol–water partition coefficient (Wildman–Crippen LogP) is 8.04. The number of unbranched alkanes of at least 4 members (excludes halogenated alkanes) is 2. The lowest BCUT2D eigenvalue weighted by Gasteiger charge is -2.27. The first-order valence-electron chi connectivity index (χ1n) is 12.1. The van der Waals surface area contributed by atoms with Crippen LogP contribution in [0, 0.1) is 35.4 Å². The summed E-state index contributed by atoms with van der Waals surface area (Å²) in [4.78, 5) is 0. The third-order valence-corrected chi connectivity index (χ3v) is 6.32. The molecular formula is C30H35F. The minimum Gasteiger partial charge on any atom is -0.207 e. The van der Waals surface area contributed by atoms with Gasteiger partial charge in [0.1, 0.15) is 5.82 Å². The summed E-state index contributed by atoms with van der Waals surface area (Å²) in [6.45, 7) is 4.28. The molecule has 1 heteroatoms. The Labute approximate surface area is 188 Å². The van der Waals surface area contributed by atoms with Crippen molar-refractivity contribution in [3.05, 3.63) is 70.5 Å². The first kappa shape index (κ1) is 23.2. The molecule has 31 heavy (non-hydrogen) atoms. The summed E-state index contributed by atoms with van der Waals surface area (Å²) in [5.41, 5.74) is 3.92. The standard InChI is InChI=1S/C30H35F/c1-3-5-6-7-8-10-24-13-18-27(19-14-24)28-20-15-25(16-21-28)11-12-26-17-22-29(9-4-2)30(31)23-26/h15-17,20-24,27H,3-6,9-10,13-14,18-19H2,1-2H3. The number of benzene rings is 2. The average molecular weight is 415 g/mol. The summed E-state index contributed by atoms with van der Waals surface area (Å²) in [5.74, 6) is 14.3. The summed E-state index contributed by atoms with van der Waals surface area (Å²) in [6.07, 6.45) is 11.4. The van der Waals surface area contributed by atoms with Gasteiger partial charge in [0.25, 0.3) is 0 Å². The van der Waals surface area contributed by atoms with Crippen LogP contribution in [-0.4, -0.2) is 0 Å². The molecule has 0 saturated heterocycles. The van der Waals surface area contributed by atoms with Gasteiger partial charge in [-0.3, -0.25) is 0 Å². The maximum atomic E-state index is 14.1. The Morgan fingerprint density at radius 1 is 0.839 bits per heavy atom. The first-order chi connectivity index (χ1) is 15.2. The maximum Gasteiger partial charge on any atom is 0.127 e. The molecule has 1 aliphatic rings. The molecule has 162 valence electrons. The van der Waals surface area contributed by atoms with Crippen molar-refractivity contribution in [3.8, 4) is 23.7 Å². The number of rotatable bonds is 6. The van der Waals surface area contributed by atoms with Crippen LogP contribution in [0.4, 0.5) is 4.39 Å². The summed E-state index contributed by atoms with van der Waals surface area (Å²) in [7, 11) is 0. The van der Waals surface area contributed by atoms with Gasteiger partial charge in [-0.15, -0.1) is 11.8 Å². The number of hydrogen-bond donors (Lipinski definition) is 0. The lowest BCUT2D eigenvalue weighted by molar-refractivity contribution is 0.331. The van der Waals surface area contributed by atoms with Gasteiger partial charge in [-0.1, -0.05) is 56.7 Å². The minimum atomic E-state index is -0.147. The zero-order valence-electron chi connectivity index (χ0n) is 19.1. The maximum absolute atomic E-state index is 14.1. The zero-order chi connectivity index (χ0) is 21.9. The SMILES string of the molecule is CCCCC#CCC1CCC(c2ccc(C#Cc3ccc(CCC)c(F)c3)cc2)CC1. The van der Waals surface area contributed by atoms with Crippen molar-refractivity contribution in [2.24, 2.45) is 5.92 Å². The van der Waals surface area contributed by atoms with Gasteiger partial charge in [0.05, 0.1) is 0 Å². The van der Waals surface area contributed by atoms with Crippen molar-refractivity contribution in [1.82, 2.24) is 0 Å². The van der Waals surface area contributed by atoms with Crippen LogP contribution in [0.25, 0.3) is 0 Å². The lowest BCUT2D eigenvalue weighted by Crippen LogP contribution is -2.12. The van der Waals surface area contributed by atoms with E-state index in [0.717, 1.165) is 48.3 Å². The van der Waals surface area contributed by atoms with E-state index in [2.05, 4.69) is 61.8 Å². The molecule has 0 aliphatic heterocycles. The third-order valence-electron chi connectivity index (χ3n) is 6.32. The summed E-state index contributed by atoms with van der Waals surface area (Å²) in [5, 5.41) is 0. The largest absolute Gasteiger partial charge is 0.207 e. The molecule has 0 heterocycles. The van der Waals surface area contributed by atoms with Gasteiger partial charge in [-0.05, 0) is 85.8 Å². The monoisotopic (exact) mass is 414 g/mol. The fourth-order valence-electron chi connectivity index (χ4n) is 4.35. The van der Waals surface area contributed by atoms with Gasteiger partial charge in [-0.2, -0.15) is 0 Å². The Morgan fingerprint density at radius 3 is 2.23 bits per heavy atom. The molecule has 1 fully saturated rings. The van der Waals surface area contributed by atoms with Crippen molar-refractivity contribution >= 4 is 0 Å². The van der Waals surface area contributed by atoms with E-state index >= 15 is 0 Å². The third kappa shape index (κ3) is 7.29. The molecule has 0 aromatic heterocycles. The van der Waals surface area contributed by atoms with Gasteiger partial charge in [0.2, 0.25) is 0 Å². The quantitative estimate of drug-likeness (QED) is 0.331. The fraction of sp³-hybridized carbons (Fsp3) is 0.467. The Kier molecular flexibility index (Phi) is 9.24. The van der Waals surface area contributed by atoms with Crippen molar-refractivity contribution in [1.29, 1.82) is 0 Å². The van der Waals surface area contributed by atoms with E-state index in [0.29, 0.717) is 5.92 Å². The second-order valence-electron chi connectivity index (χ2n) is 8.81. The van der Waals surface area contributed by atoms with E-state index < -0.39 is 0 Å². The minimum absolute atomic E-state index is 0.147.